The van der Waals surface area contributed by atoms with Crippen molar-refractivity contribution >= 4 is 28.8 Å². The van der Waals surface area contributed by atoms with Crippen LogP contribution in [0.3, 0.4) is 0 Å². The van der Waals surface area contributed by atoms with Gasteiger partial charge in [-0.1, -0.05) is 29.7 Å². The Balaban J connectivity index is 1.54. The maximum Gasteiger partial charge on any atom is 0.253 e. The topological polar surface area (TPSA) is 59.2 Å². The minimum absolute atomic E-state index is 0.0643. The second-order valence-electron chi connectivity index (χ2n) is 7.01. The first-order chi connectivity index (χ1) is 13.7. The van der Waals surface area contributed by atoms with Crippen LogP contribution in [0.2, 0.25) is 5.02 Å². The Labute approximate surface area is 173 Å². The summed E-state index contributed by atoms with van der Waals surface area (Å²) in [6.07, 6.45) is 5.10. The lowest BCUT2D eigenvalue weighted by molar-refractivity contribution is 0.0724. The summed E-state index contributed by atoms with van der Waals surface area (Å²) in [6.45, 7) is 3.74. The van der Waals surface area contributed by atoms with E-state index in [1.165, 1.54) is 6.42 Å². The quantitative estimate of drug-likeness (QED) is 0.536. The predicted octanol–water partition coefficient (Wildman–Crippen LogP) is 5.70. The van der Waals surface area contributed by atoms with E-state index in [4.69, 9.17) is 16.1 Å². The van der Waals surface area contributed by atoms with E-state index in [0.29, 0.717) is 22.3 Å². The molecule has 1 amide bonds. The van der Waals surface area contributed by atoms with Crippen LogP contribution in [0, 0.1) is 0 Å². The maximum atomic E-state index is 12.7. The van der Waals surface area contributed by atoms with Crippen LogP contribution in [0.15, 0.2) is 34.2 Å². The molecule has 0 unspecified atom stereocenters. The van der Waals surface area contributed by atoms with Gasteiger partial charge in [-0.05, 0) is 54.8 Å². The summed E-state index contributed by atoms with van der Waals surface area (Å²) in [6, 6.07) is 7.57. The van der Waals surface area contributed by atoms with E-state index in [9.17, 15) is 4.79 Å². The van der Waals surface area contributed by atoms with E-state index >= 15 is 0 Å². The van der Waals surface area contributed by atoms with Crippen molar-refractivity contribution in [2.75, 3.05) is 13.1 Å². The van der Waals surface area contributed by atoms with E-state index < -0.39 is 0 Å². The first-order valence-corrected chi connectivity index (χ1v) is 10.9. The Kier molecular flexibility index (Phi) is 5.78. The average molecular weight is 416 g/mol. The van der Waals surface area contributed by atoms with Crippen LogP contribution in [0.4, 0.5) is 0 Å². The van der Waals surface area contributed by atoms with Gasteiger partial charge in [0.15, 0.2) is 0 Å². The number of hydrogen-bond acceptors (Lipinski definition) is 5. The molecule has 0 atom stereocenters. The summed E-state index contributed by atoms with van der Waals surface area (Å²) in [5, 5.41) is 6.67. The number of halogens is 1. The summed E-state index contributed by atoms with van der Waals surface area (Å²) in [7, 11) is 0. The number of piperidine rings is 1. The first-order valence-electron chi connectivity index (χ1n) is 9.66. The normalized spacial score (nSPS) is 14.4. The Morgan fingerprint density at radius 3 is 2.82 bits per heavy atom. The largest absolute Gasteiger partial charge is 0.339 e. The standard InChI is InChI=1S/C21H22ClN3O2S/c1-2-6-19-23-20(24-27-19)18-12-15(13-28-18)16-8-7-14(11-17(16)22)21(26)25-9-4-3-5-10-25/h7-8,11-13H,2-6,9-10H2,1H3. The monoisotopic (exact) mass is 415 g/mol. The zero-order valence-corrected chi connectivity index (χ0v) is 17.4. The molecule has 1 aromatic carbocycles. The van der Waals surface area contributed by atoms with Gasteiger partial charge in [0.25, 0.3) is 5.91 Å². The molecule has 3 aromatic rings. The molecular weight excluding hydrogens is 394 g/mol. The van der Waals surface area contributed by atoms with Gasteiger partial charge in [0, 0.05) is 35.7 Å². The number of carbonyl (C=O) groups excluding carboxylic acids is 1. The molecule has 1 aliphatic rings. The highest BCUT2D eigenvalue weighted by molar-refractivity contribution is 7.13. The second kappa shape index (κ2) is 8.45. The number of likely N-dealkylation sites (tertiary alicyclic amines) is 1. The third-order valence-electron chi connectivity index (χ3n) is 4.92. The molecular formula is C21H22ClN3O2S. The minimum Gasteiger partial charge on any atom is -0.339 e. The van der Waals surface area contributed by atoms with Crippen molar-refractivity contribution in [1.82, 2.24) is 15.0 Å². The SMILES string of the molecule is CCCc1nc(-c2cc(-c3ccc(C(=O)N4CCCCC4)cc3Cl)cs2)no1. The number of benzene rings is 1. The summed E-state index contributed by atoms with van der Waals surface area (Å²) in [5.41, 5.74) is 2.54. The van der Waals surface area contributed by atoms with Gasteiger partial charge in [-0.25, -0.2) is 0 Å². The number of aryl methyl sites for hydroxylation is 1. The molecule has 1 fully saturated rings. The molecule has 3 heterocycles. The third kappa shape index (κ3) is 3.98. The van der Waals surface area contributed by atoms with Gasteiger partial charge in [0.05, 0.1) is 4.88 Å². The smallest absolute Gasteiger partial charge is 0.253 e. The van der Waals surface area contributed by atoms with E-state index in [2.05, 4.69) is 17.1 Å². The number of aromatic nitrogens is 2. The van der Waals surface area contributed by atoms with Gasteiger partial charge >= 0.3 is 0 Å². The van der Waals surface area contributed by atoms with Crippen LogP contribution < -0.4 is 0 Å². The summed E-state index contributed by atoms with van der Waals surface area (Å²) < 4.78 is 5.28. The van der Waals surface area contributed by atoms with Crippen LogP contribution in [-0.2, 0) is 6.42 Å². The third-order valence-corrected chi connectivity index (χ3v) is 6.16. The molecule has 0 N–H and O–H groups in total. The van der Waals surface area contributed by atoms with Crippen molar-refractivity contribution in [2.24, 2.45) is 0 Å². The van der Waals surface area contributed by atoms with Gasteiger partial charge in [-0.3, -0.25) is 4.79 Å². The fourth-order valence-electron chi connectivity index (χ4n) is 3.43. The molecule has 0 spiro atoms. The molecule has 2 aromatic heterocycles. The summed E-state index contributed by atoms with van der Waals surface area (Å²) in [5.74, 6) is 1.33. The first kappa shape index (κ1) is 19.2. The average Bonchev–Trinajstić information content (AvgIpc) is 3.38. The number of rotatable bonds is 5. The Bertz CT molecular complexity index is 976. The van der Waals surface area contributed by atoms with Crippen molar-refractivity contribution in [3.8, 4) is 21.8 Å². The summed E-state index contributed by atoms with van der Waals surface area (Å²) >= 11 is 8.08. The molecule has 1 aliphatic heterocycles. The fraction of sp³-hybridized carbons (Fsp3) is 0.381. The molecule has 0 aliphatic carbocycles. The van der Waals surface area contributed by atoms with E-state index in [1.54, 1.807) is 17.4 Å². The lowest BCUT2D eigenvalue weighted by atomic mass is 10.0. The predicted molar refractivity (Wildman–Crippen MR) is 112 cm³/mol. The second-order valence-corrected chi connectivity index (χ2v) is 8.33. The highest BCUT2D eigenvalue weighted by atomic mass is 35.5. The van der Waals surface area contributed by atoms with Crippen LogP contribution in [0.1, 0.15) is 48.9 Å². The molecule has 4 rings (SSSR count). The number of thiophene rings is 1. The molecule has 0 saturated carbocycles. The van der Waals surface area contributed by atoms with Crippen molar-refractivity contribution < 1.29 is 9.32 Å². The zero-order valence-electron chi connectivity index (χ0n) is 15.8. The Morgan fingerprint density at radius 2 is 2.07 bits per heavy atom. The van der Waals surface area contributed by atoms with Crippen LogP contribution in [0.25, 0.3) is 21.8 Å². The number of carbonyl (C=O) groups is 1. The molecule has 0 bridgehead atoms. The van der Waals surface area contributed by atoms with Crippen molar-refractivity contribution in [3.63, 3.8) is 0 Å². The molecule has 146 valence electrons. The molecule has 1 saturated heterocycles. The van der Waals surface area contributed by atoms with Crippen molar-refractivity contribution in [3.05, 3.63) is 46.1 Å². The van der Waals surface area contributed by atoms with Crippen LogP contribution >= 0.6 is 22.9 Å². The minimum atomic E-state index is 0.0643. The number of nitrogens with zero attached hydrogens (tertiary/aromatic N) is 3. The van der Waals surface area contributed by atoms with Gasteiger partial charge in [-0.15, -0.1) is 11.3 Å². The van der Waals surface area contributed by atoms with E-state index in [-0.39, 0.29) is 5.91 Å². The molecule has 7 heteroatoms. The van der Waals surface area contributed by atoms with Crippen LogP contribution in [0.5, 0.6) is 0 Å². The van der Waals surface area contributed by atoms with Crippen LogP contribution in [-0.4, -0.2) is 34.0 Å². The molecule has 28 heavy (non-hydrogen) atoms. The Morgan fingerprint density at radius 1 is 1.25 bits per heavy atom. The molecule has 5 nitrogen and oxygen atoms in total. The fourth-order valence-corrected chi connectivity index (χ4v) is 4.55. The lowest BCUT2D eigenvalue weighted by Crippen LogP contribution is -2.35. The van der Waals surface area contributed by atoms with Gasteiger partial charge in [0.1, 0.15) is 0 Å². The number of hydrogen-bond donors (Lipinski definition) is 0. The van der Waals surface area contributed by atoms with Crippen molar-refractivity contribution in [2.45, 2.75) is 39.0 Å². The zero-order chi connectivity index (χ0) is 19.5. The van der Waals surface area contributed by atoms with Gasteiger partial charge in [-0.2, -0.15) is 4.98 Å². The Hall–Kier alpha value is -2.18. The maximum absolute atomic E-state index is 12.7. The highest BCUT2D eigenvalue weighted by Gasteiger charge is 2.19. The van der Waals surface area contributed by atoms with Crippen molar-refractivity contribution in [1.29, 1.82) is 0 Å². The lowest BCUT2D eigenvalue weighted by Gasteiger charge is -2.26. The summed E-state index contributed by atoms with van der Waals surface area (Å²) in [4.78, 5) is 20.0. The van der Waals surface area contributed by atoms with Gasteiger partial charge < -0.3 is 9.42 Å². The number of amides is 1. The van der Waals surface area contributed by atoms with Gasteiger partial charge in [0.2, 0.25) is 11.7 Å². The van der Waals surface area contributed by atoms with E-state index in [0.717, 1.165) is 54.8 Å². The highest BCUT2D eigenvalue weighted by Crippen LogP contribution is 2.35. The molecule has 0 radical (unpaired) electrons. The van der Waals surface area contributed by atoms with E-state index in [1.807, 2.05) is 28.5 Å².